The molecule has 106 valence electrons. The third kappa shape index (κ3) is 3.25. The molecular weight excluding hydrogens is 248 g/mol. The topological polar surface area (TPSA) is 49.4 Å². The smallest absolute Gasteiger partial charge is 0.214 e. The maximum absolute atomic E-state index is 12.4. The molecule has 2 unspecified atom stereocenters. The van der Waals surface area contributed by atoms with Crippen LogP contribution in [0.5, 0.6) is 0 Å². The fourth-order valence-corrected chi connectivity index (χ4v) is 5.31. The molecule has 1 N–H and O–H groups in total. The molecule has 2 aliphatic rings. The van der Waals surface area contributed by atoms with Crippen molar-refractivity contribution in [3.05, 3.63) is 0 Å². The zero-order valence-corrected chi connectivity index (χ0v) is 12.2. The Balaban J connectivity index is 2.00. The molecule has 2 fully saturated rings. The van der Waals surface area contributed by atoms with E-state index < -0.39 is 10.0 Å². The summed E-state index contributed by atoms with van der Waals surface area (Å²) in [6.07, 6.45) is 7.79. The summed E-state index contributed by atoms with van der Waals surface area (Å²) in [4.78, 5) is 0. The molecule has 0 aromatic heterocycles. The SMILES string of the molecule is CNCCCS(=O)(=O)N1CCCC2CCCCC21. The van der Waals surface area contributed by atoms with Gasteiger partial charge in [0.05, 0.1) is 5.75 Å². The summed E-state index contributed by atoms with van der Waals surface area (Å²) in [6, 6.07) is 0.312. The maximum atomic E-state index is 12.4. The highest BCUT2D eigenvalue weighted by molar-refractivity contribution is 7.89. The van der Waals surface area contributed by atoms with E-state index in [2.05, 4.69) is 5.32 Å². The van der Waals surface area contributed by atoms with Crippen molar-refractivity contribution in [3.8, 4) is 0 Å². The summed E-state index contributed by atoms with van der Waals surface area (Å²) >= 11 is 0. The van der Waals surface area contributed by atoms with Crippen molar-refractivity contribution >= 4 is 10.0 Å². The van der Waals surface area contributed by atoms with Crippen molar-refractivity contribution in [3.63, 3.8) is 0 Å². The van der Waals surface area contributed by atoms with Crippen molar-refractivity contribution in [2.45, 2.75) is 51.0 Å². The van der Waals surface area contributed by atoms with Crippen LogP contribution in [-0.4, -0.2) is 44.7 Å². The van der Waals surface area contributed by atoms with Gasteiger partial charge in [0.15, 0.2) is 0 Å². The van der Waals surface area contributed by atoms with Crippen molar-refractivity contribution < 1.29 is 8.42 Å². The molecule has 1 heterocycles. The van der Waals surface area contributed by atoms with E-state index in [1.54, 1.807) is 0 Å². The molecule has 1 aliphatic heterocycles. The molecule has 4 nitrogen and oxygen atoms in total. The van der Waals surface area contributed by atoms with Crippen LogP contribution in [0.15, 0.2) is 0 Å². The Kier molecular flexibility index (Phi) is 5.04. The Morgan fingerprint density at radius 1 is 1.17 bits per heavy atom. The first-order valence-corrected chi connectivity index (χ1v) is 8.90. The van der Waals surface area contributed by atoms with Crippen molar-refractivity contribution in [2.24, 2.45) is 5.92 Å². The maximum Gasteiger partial charge on any atom is 0.214 e. The number of hydrogen-bond donors (Lipinski definition) is 1. The fraction of sp³-hybridized carbons (Fsp3) is 1.00. The highest BCUT2D eigenvalue weighted by atomic mass is 32.2. The molecule has 18 heavy (non-hydrogen) atoms. The normalized spacial score (nSPS) is 30.1. The van der Waals surface area contributed by atoms with E-state index in [0.717, 1.165) is 25.9 Å². The first-order chi connectivity index (χ1) is 8.65. The minimum Gasteiger partial charge on any atom is -0.320 e. The van der Waals surface area contributed by atoms with Gasteiger partial charge < -0.3 is 5.32 Å². The predicted octanol–water partition coefficient (Wildman–Crippen LogP) is 1.58. The zero-order chi connectivity index (χ0) is 13.0. The molecule has 2 atom stereocenters. The number of piperidine rings is 1. The largest absolute Gasteiger partial charge is 0.320 e. The molecule has 0 amide bonds. The van der Waals surface area contributed by atoms with Gasteiger partial charge in [0.1, 0.15) is 0 Å². The molecule has 0 radical (unpaired) electrons. The molecule has 0 aromatic rings. The molecule has 2 rings (SSSR count). The summed E-state index contributed by atoms with van der Waals surface area (Å²) in [5, 5.41) is 3.02. The van der Waals surface area contributed by atoms with Crippen LogP contribution in [0, 0.1) is 5.92 Å². The van der Waals surface area contributed by atoms with E-state index in [-0.39, 0.29) is 0 Å². The molecule has 0 bridgehead atoms. The summed E-state index contributed by atoms with van der Waals surface area (Å²) in [6.45, 7) is 1.53. The second-order valence-corrected chi connectivity index (χ2v) is 7.68. The highest BCUT2D eigenvalue weighted by Gasteiger charge is 2.38. The van der Waals surface area contributed by atoms with E-state index in [4.69, 9.17) is 0 Å². The van der Waals surface area contributed by atoms with Crippen LogP contribution in [0.4, 0.5) is 0 Å². The molecule has 0 spiro atoms. The van der Waals surface area contributed by atoms with Gasteiger partial charge in [-0.3, -0.25) is 0 Å². The summed E-state index contributed by atoms with van der Waals surface area (Å²) in [5.74, 6) is 0.934. The lowest BCUT2D eigenvalue weighted by atomic mass is 9.79. The monoisotopic (exact) mass is 274 g/mol. The minimum absolute atomic E-state index is 0.303. The van der Waals surface area contributed by atoms with Gasteiger partial charge in [-0.15, -0.1) is 0 Å². The van der Waals surface area contributed by atoms with Crippen molar-refractivity contribution in [1.29, 1.82) is 0 Å². The second-order valence-electron chi connectivity index (χ2n) is 5.64. The van der Waals surface area contributed by atoms with Crippen LogP contribution in [0.1, 0.15) is 44.9 Å². The van der Waals surface area contributed by atoms with Crippen LogP contribution in [0.25, 0.3) is 0 Å². The number of nitrogens with zero attached hydrogens (tertiary/aromatic N) is 1. The van der Waals surface area contributed by atoms with Gasteiger partial charge >= 0.3 is 0 Å². The molecule has 1 saturated heterocycles. The third-order valence-corrected chi connectivity index (χ3v) is 6.35. The van der Waals surface area contributed by atoms with Gasteiger partial charge in [-0.1, -0.05) is 12.8 Å². The summed E-state index contributed by atoms with van der Waals surface area (Å²) in [7, 11) is -1.17. The van der Waals surface area contributed by atoms with Crippen LogP contribution in [0.2, 0.25) is 0 Å². The first-order valence-electron chi connectivity index (χ1n) is 7.29. The van der Waals surface area contributed by atoms with Gasteiger partial charge in [0.25, 0.3) is 0 Å². The van der Waals surface area contributed by atoms with E-state index >= 15 is 0 Å². The van der Waals surface area contributed by atoms with Crippen LogP contribution in [-0.2, 0) is 10.0 Å². The van der Waals surface area contributed by atoms with Gasteiger partial charge in [-0.2, -0.15) is 4.31 Å². The van der Waals surface area contributed by atoms with E-state index in [1.807, 2.05) is 11.4 Å². The van der Waals surface area contributed by atoms with Crippen LogP contribution < -0.4 is 5.32 Å². The van der Waals surface area contributed by atoms with Crippen molar-refractivity contribution in [1.82, 2.24) is 9.62 Å². The van der Waals surface area contributed by atoms with Gasteiger partial charge in [-0.25, -0.2) is 8.42 Å². The average Bonchev–Trinajstić information content (AvgIpc) is 2.38. The standard InChI is InChI=1S/C13H26N2O2S/c1-14-9-5-11-18(16,17)15-10-4-7-12-6-2-3-8-13(12)15/h12-14H,2-11H2,1H3. The summed E-state index contributed by atoms with van der Waals surface area (Å²) in [5.41, 5.74) is 0. The lowest BCUT2D eigenvalue weighted by Gasteiger charge is -2.43. The van der Waals surface area contributed by atoms with E-state index in [9.17, 15) is 8.42 Å². The number of sulfonamides is 1. The minimum atomic E-state index is -3.03. The first kappa shape index (κ1) is 14.3. The predicted molar refractivity (Wildman–Crippen MR) is 74.0 cm³/mol. The quantitative estimate of drug-likeness (QED) is 0.774. The second kappa shape index (κ2) is 6.35. The zero-order valence-electron chi connectivity index (χ0n) is 11.4. The summed E-state index contributed by atoms with van der Waals surface area (Å²) < 4.78 is 26.7. The van der Waals surface area contributed by atoms with Crippen molar-refractivity contribution in [2.75, 3.05) is 25.9 Å². The molecular formula is C13H26N2O2S. The van der Waals surface area contributed by atoms with Crippen LogP contribution >= 0.6 is 0 Å². The lowest BCUT2D eigenvalue weighted by Crippen LogP contribution is -2.50. The Morgan fingerprint density at radius 3 is 2.67 bits per heavy atom. The Morgan fingerprint density at radius 2 is 1.89 bits per heavy atom. The Hall–Kier alpha value is -0.130. The number of nitrogens with one attached hydrogen (secondary N) is 1. The number of fused-ring (bicyclic) bond motifs is 1. The highest BCUT2D eigenvalue weighted by Crippen LogP contribution is 2.36. The molecule has 0 aromatic carbocycles. The Labute approximate surface area is 111 Å². The van der Waals surface area contributed by atoms with Gasteiger partial charge in [-0.05, 0) is 51.6 Å². The van der Waals surface area contributed by atoms with Gasteiger partial charge in [0.2, 0.25) is 10.0 Å². The molecule has 5 heteroatoms. The number of hydrogen-bond acceptors (Lipinski definition) is 3. The average molecular weight is 274 g/mol. The van der Waals surface area contributed by atoms with E-state index in [0.29, 0.717) is 24.1 Å². The molecule has 1 aliphatic carbocycles. The third-order valence-electron chi connectivity index (χ3n) is 4.38. The number of rotatable bonds is 5. The van der Waals surface area contributed by atoms with Gasteiger partial charge in [0, 0.05) is 12.6 Å². The molecule has 1 saturated carbocycles. The Bertz CT molecular complexity index is 354. The lowest BCUT2D eigenvalue weighted by molar-refractivity contribution is 0.129. The fourth-order valence-electron chi connectivity index (χ4n) is 3.47. The van der Waals surface area contributed by atoms with Crippen LogP contribution in [0.3, 0.4) is 0 Å². The van der Waals surface area contributed by atoms with E-state index in [1.165, 1.54) is 25.7 Å².